The number of amides is 1. The second kappa shape index (κ2) is 5.76. The van der Waals surface area contributed by atoms with Crippen LogP contribution in [-0.4, -0.2) is 50.7 Å². The molecule has 1 aliphatic heterocycles. The molecular formula is C12H25N3O3S. The number of nitrogens with two attached hydrogens (primary N) is 1. The first-order valence-corrected chi connectivity index (χ1v) is 8.41. The molecule has 0 spiro atoms. The number of nitrogens with one attached hydrogen (secondary N) is 1. The van der Waals surface area contributed by atoms with E-state index in [9.17, 15) is 13.2 Å². The summed E-state index contributed by atoms with van der Waals surface area (Å²) in [6.07, 6.45) is 2.42. The molecule has 7 heteroatoms. The molecule has 0 saturated carbocycles. The molecular weight excluding hydrogens is 266 g/mol. The lowest BCUT2D eigenvalue weighted by Gasteiger charge is -2.36. The molecule has 0 aliphatic carbocycles. The molecule has 0 bridgehead atoms. The Hall–Kier alpha value is -0.660. The van der Waals surface area contributed by atoms with Crippen LogP contribution >= 0.6 is 0 Å². The van der Waals surface area contributed by atoms with Crippen molar-refractivity contribution in [3.8, 4) is 0 Å². The van der Waals surface area contributed by atoms with Crippen molar-refractivity contribution in [2.75, 3.05) is 19.3 Å². The lowest BCUT2D eigenvalue weighted by atomic mass is 9.86. The molecule has 0 aromatic carbocycles. The first kappa shape index (κ1) is 16.4. The first-order valence-electron chi connectivity index (χ1n) is 6.52. The number of hydrogen-bond acceptors (Lipinski definition) is 4. The molecule has 0 aromatic heterocycles. The third-order valence-electron chi connectivity index (χ3n) is 3.39. The van der Waals surface area contributed by atoms with E-state index in [2.05, 4.69) is 4.72 Å². The number of carbonyl (C=O) groups is 1. The van der Waals surface area contributed by atoms with E-state index in [4.69, 9.17) is 5.73 Å². The normalized spacial score (nSPS) is 20.4. The van der Waals surface area contributed by atoms with E-state index < -0.39 is 16.1 Å². The molecule has 0 unspecified atom stereocenters. The minimum Gasteiger partial charge on any atom is -0.341 e. The van der Waals surface area contributed by atoms with Gasteiger partial charge in [0.15, 0.2) is 0 Å². The molecule has 1 atom stereocenters. The molecule has 0 radical (unpaired) electrons. The maximum absolute atomic E-state index is 12.2. The number of sulfonamides is 1. The third kappa shape index (κ3) is 5.08. The Morgan fingerprint density at radius 1 is 1.32 bits per heavy atom. The van der Waals surface area contributed by atoms with Crippen molar-refractivity contribution in [1.29, 1.82) is 0 Å². The van der Waals surface area contributed by atoms with Gasteiger partial charge in [0, 0.05) is 19.1 Å². The Balaban J connectivity index is 2.52. The van der Waals surface area contributed by atoms with Crippen LogP contribution in [0.1, 0.15) is 33.6 Å². The minimum absolute atomic E-state index is 0.0506. The Morgan fingerprint density at radius 2 is 1.79 bits per heavy atom. The van der Waals surface area contributed by atoms with Crippen LogP contribution in [0, 0.1) is 5.41 Å². The Labute approximate surface area is 115 Å². The van der Waals surface area contributed by atoms with Gasteiger partial charge in [0.05, 0.1) is 12.3 Å². The molecule has 19 heavy (non-hydrogen) atoms. The highest BCUT2D eigenvalue weighted by Crippen LogP contribution is 2.21. The fourth-order valence-corrected chi connectivity index (χ4v) is 2.93. The van der Waals surface area contributed by atoms with Crippen molar-refractivity contribution in [3.63, 3.8) is 0 Å². The molecule has 1 rings (SSSR count). The zero-order valence-corrected chi connectivity index (χ0v) is 13.0. The zero-order chi connectivity index (χ0) is 14.8. The lowest BCUT2D eigenvalue weighted by Crippen LogP contribution is -2.54. The molecule has 1 fully saturated rings. The summed E-state index contributed by atoms with van der Waals surface area (Å²) in [4.78, 5) is 13.9. The summed E-state index contributed by atoms with van der Waals surface area (Å²) in [6, 6.07) is -0.600. The van der Waals surface area contributed by atoms with Gasteiger partial charge in [-0.3, -0.25) is 4.79 Å². The van der Waals surface area contributed by atoms with Crippen molar-refractivity contribution in [3.05, 3.63) is 0 Å². The number of nitrogens with zero attached hydrogens (tertiary/aromatic N) is 1. The van der Waals surface area contributed by atoms with Crippen LogP contribution in [0.5, 0.6) is 0 Å². The summed E-state index contributed by atoms with van der Waals surface area (Å²) < 4.78 is 24.9. The van der Waals surface area contributed by atoms with E-state index in [-0.39, 0.29) is 17.4 Å². The molecule has 112 valence electrons. The van der Waals surface area contributed by atoms with E-state index in [1.165, 1.54) is 0 Å². The van der Waals surface area contributed by atoms with Crippen LogP contribution in [0.4, 0.5) is 0 Å². The average molecular weight is 291 g/mol. The number of carbonyl (C=O) groups excluding carboxylic acids is 1. The highest BCUT2D eigenvalue weighted by atomic mass is 32.2. The summed E-state index contributed by atoms with van der Waals surface area (Å²) in [7, 11) is -3.18. The van der Waals surface area contributed by atoms with Gasteiger partial charge in [0.1, 0.15) is 0 Å². The van der Waals surface area contributed by atoms with Gasteiger partial charge in [-0.05, 0) is 18.3 Å². The van der Waals surface area contributed by atoms with Gasteiger partial charge in [0.25, 0.3) is 0 Å². The maximum atomic E-state index is 12.2. The molecule has 1 heterocycles. The van der Waals surface area contributed by atoms with Crippen molar-refractivity contribution in [1.82, 2.24) is 9.62 Å². The van der Waals surface area contributed by atoms with Crippen LogP contribution < -0.4 is 10.5 Å². The fourth-order valence-electron chi connectivity index (χ4n) is 2.09. The second-order valence-electron chi connectivity index (χ2n) is 6.33. The van der Waals surface area contributed by atoms with Crippen LogP contribution in [0.3, 0.4) is 0 Å². The van der Waals surface area contributed by atoms with Gasteiger partial charge in [0.2, 0.25) is 15.9 Å². The van der Waals surface area contributed by atoms with Crippen molar-refractivity contribution < 1.29 is 13.2 Å². The molecule has 1 saturated heterocycles. The first-order chi connectivity index (χ1) is 8.50. The predicted octanol–water partition coefficient (Wildman–Crippen LogP) is -0.1000. The minimum atomic E-state index is -3.18. The summed E-state index contributed by atoms with van der Waals surface area (Å²) in [6.45, 7) is 6.92. The van der Waals surface area contributed by atoms with E-state index in [1.807, 2.05) is 20.8 Å². The Bertz CT molecular complexity index is 420. The highest BCUT2D eigenvalue weighted by molar-refractivity contribution is 7.88. The number of piperidine rings is 1. The Morgan fingerprint density at radius 3 is 2.16 bits per heavy atom. The van der Waals surface area contributed by atoms with Gasteiger partial charge in [-0.2, -0.15) is 0 Å². The number of likely N-dealkylation sites (tertiary alicyclic amines) is 1. The van der Waals surface area contributed by atoms with Crippen molar-refractivity contribution in [2.45, 2.75) is 45.7 Å². The van der Waals surface area contributed by atoms with Gasteiger partial charge in [-0.1, -0.05) is 20.8 Å². The molecule has 6 nitrogen and oxygen atoms in total. The van der Waals surface area contributed by atoms with Crippen LogP contribution in [0.25, 0.3) is 0 Å². The third-order valence-corrected chi connectivity index (χ3v) is 4.15. The van der Waals surface area contributed by atoms with Gasteiger partial charge in [-0.25, -0.2) is 13.1 Å². The fraction of sp³-hybridized carbons (Fsp3) is 0.917. The number of rotatable bonds is 3. The molecule has 0 aromatic rings. The standard InChI is InChI=1S/C12H25N3O3S/c1-12(2,3)10(13)11(16)15-7-5-9(6-8-15)14-19(4,17)18/h9-10,14H,5-8,13H2,1-4H3/t10-/m1/s1. The summed E-state index contributed by atoms with van der Waals surface area (Å²) >= 11 is 0. The maximum Gasteiger partial charge on any atom is 0.240 e. The van der Waals surface area contributed by atoms with Crippen LogP contribution in [0.15, 0.2) is 0 Å². The summed E-state index contributed by atoms with van der Waals surface area (Å²) in [5.41, 5.74) is 5.69. The lowest BCUT2D eigenvalue weighted by molar-refractivity contribution is -0.136. The summed E-state index contributed by atoms with van der Waals surface area (Å²) in [5.74, 6) is -0.0506. The topological polar surface area (TPSA) is 92.5 Å². The second-order valence-corrected chi connectivity index (χ2v) is 8.11. The predicted molar refractivity (Wildman–Crippen MR) is 75.0 cm³/mol. The Kier molecular flexibility index (Phi) is 4.97. The van der Waals surface area contributed by atoms with Crippen LogP contribution in [-0.2, 0) is 14.8 Å². The number of hydrogen-bond donors (Lipinski definition) is 2. The quantitative estimate of drug-likeness (QED) is 0.759. The largest absolute Gasteiger partial charge is 0.341 e. The van der Waals surface area contributed by atoms with E-state index in [0.29, 0.717) is 25.9 Å². The van der Waals surface area contributed by atoms with Gasteiger partial charge >= 0.3 is 0 Å². The van der Waals surface area contributed by atoms with E-state index >= 15 is 0 Å². The smallest absolute Gasteiger partial charge is 0.240 e. The molecule has 1 amide bonds. The highest BCUT2D eigenvalue weighted by Gasteiger charge is 2.33. The van der Waals surface area contributed by atoms with Gasteiger partial charge in [-0.15, -0.1) is 0 Å². The average Bonchev–Trinajstić information content (AvgIpc) is 2.24. The van der Waals surface area contributed by atoms with E-state index in [1.54, 1.807) is 4.90 Å². The monoisotopic (exact) mass is 291 g/mol. The van der Waals surface area contributed by atoms with Crippen molar-refractivity contribution >= 4 is 15.9 Å². The zero-order valence-electron chi connectivity index (χ0n) is 12.1. The SMILES string of the molecule is CC(C)(C)[C@H](N)C(=O)N1CCC(NS(C)(=O)=O)CC1. The van der Waals surface area contributed by atoms with Crippen molar-refractivity contribution in [2.24, 2.45) is 11.1 Å². The summed E-state index contributed by atoms with van der Waals surface area (Å²) in [5, 5.41) is 0. The molecule has 1 aliphatic rings. The van der Waals surface area contributed by atoms with Crippen LogP contribution in [0.2, 0.25) is 0 Å². The van der Waals surface area contributed by atoms with Gasteiger partial charge < -0.3 is 10.6 Å². The molecule has 3 N–H and O–H groups in total. The van der Waals surface area contributed by atoms with E-state index in [0.717, 1.165) is 6.26 Å².